The molecule has 1 aromatic heterocycles. The van der Waals surface area contributed by atoms with Gasteiger partial charge in [-0.15, -0.1) is 0 Å². The first-order chi connectivity index (χ1) is 17.9. The molecule has 2 amide bonds. The molecule has 4 rings (SSSR count). The predicted octanol–water partition coefficient (Wildman–Crippen LogP) is 3.27. The Balaban J connectivity index is 1.68. The molecule has 0 aliphatic carbocycles. The number of carbonyl (C=O) groups excluding carboxylic acids is 3. The minimum absolute atomic E-state index is 0.204. The van der Waals surface area contributed by atoms with E-state index >= 15 is 0 Å². The average molecular weight is 505 g/mol. The number of aromatic amines is 1. The smallest absolute Gasteiger partial charge is 0.328 e. The van der Waals surface area contributed by atoms with E-state index in [1.165, 1.54) is 7.11 Å². The van der Waals surface area contributed by atoms with E-state index < -0.39 is 24.0 Å². The Morgan fingerprint density at radius 2 is 1.68 bits per heavy atom. The molecule has 4 bridgehead atoms. The molecule has 5 N–H and O–H groups in total. The third-order valence-corrected chi connectivity index (χ3v) is 6.99. The van der Waals surface area contributed by atoms with E-state index in [0.717, 1.165) is 39.4 Å². The number of nitrogens with two attached hydrogens (primary N) is 1. The van der Waals surface area contributed by atoms with Gasteiger partial charge in [0.25, 0.3) is 0 Å². The van der Waals surface area contributed by atoms with Crippen molar-refractivity contribution >= 4 is 39.6 Å². The quantitative estimate of drug-likeness (QED) is 0.241. The fraction of sp³-hybridized carbons (Fsp3) is 0.414. The number of fused-ring (bicyclic) bond motifs is 2. The maximum Gasteiger partial charge on any atom is 0.328 e. The number of rotatable bonds is 5. The first-order valence-corrected chi connectivity index (χ1v) is 13.0. The second-order valence-corrected chi connectivity index (χ2v) is 9.83. The van der Waals surface area contributed by atoms with Gasteiger partial charge in [-0.2, -0.15) is 0 Å². The van der Waals surface area contributed by atoms with Crippen LogP contribution in [0.15, 0.2) is 48.6 Å². The van der Waals surface area contributed by atoms with Crippen molar-refractivity contribution in [2.75, 3.05) is 13.7 Å². The van der Waals surface area contributed by atoms with Crippen molar-refractivity contribution in [3.05, 3.63) is 59.7 Å². The molecular formula is C29H36N4O4. The molecule has 2 heterocycles. The Morgan fingerprint density at radius 1 is 0.973 bits per heavy atom. The lowest BCUT2D eigenvalue weighted by molar-refractivity contribution is -0.145. The summed E-state index contributed by atoms with van der Waals surface area (Å²) in [6.45, 7) is 2.37. The summed E-state index contributed by atoms with van der Waals surface area (Å²) in [6, 6.07) is 11.0. The zero-order valence-electron chi connectivity index (χ0n) is 21.5. The number of unbranched alkanes of at least 4 members (excludes halogenated alkanes) is 1. The SMILES string of the molecule is COC(=O)[C@@H]1C/C=C/Cc2ccc3[nH]c4ccc(cc4c3c2)CC(C)C(=O)N[C@@H](CCCCN)C(=O)N1. The Labute approximate surface area is 217 Å². The molecule has 1 aliphatic heterocycles. The molecule has 8 nitrogen and oxygen atoms in total. The zero-order valence-corrected chi connectivity index (χ0v) is 21.5. The highest BCUT2D eigenvalue weighted by Gasteiger charge is 2.28. The molecule has 3 atom stereocenters. The first-order valence-electron chi connectivity index (χ1n) is 13.0. The predicted molar refractivity (Wildman–Crippen MR) is 145 cm³/mol. The van der Waals surface area contributed by atoms with Gasteiger partial charge in [0, 0.05) is 27.7 Å². The van der Waals surface area contributed by atoms with Gasteiger partial charge in [-0.25, -0.2) is 4.79 Å². The van der Waals surface area contributed by atoms with E-state index in [1.807, 2.05) is 25.1 Å². The van der Waals surface area contributed by atoms with Crippen molar-refractivity contribution in [3.8, 4) is 0 Å². The highest BCUT2D eigenvalue weighted by atomic mass is 16.5. The van der Waals surface area contributed by atoms with E-state index in [4.69, 9.17) is 10.5 Å². The molecule has 2 aromatic carbocycles. The highest BCUT2D eigenvalue weighted by molar-refractivity contribution is 6.07. The summed E-state index contributed by atoms with van der Waals surface area (Å²) >= 11 is 0. The van der Waals surface area contributed by atoms with Gasteiger partial charge in [0.15, 0.2) is 0 Å². The molecule has 3 aromatic rings. The number of aromatic nitrogens is 1. The second-order valence-electron chi connectivity index (χ2n) is 9.83. The summed E-state index contributed by atoms with van der Waals surface area (Å²) in [4.78, 5) is 42.2. The van der Waals surface area contributed by atoms with E-state index in [-0.39, 0.29) is 18.2 Å². The maximum atomic E-state index is 13.2. The lowest BCUT2D eigenvalue weighted by Gasteiger charge is -2.23. The number of nitrogens with one attached hydrogen (secondary N) is 3. The fourth-order valence-corrected chi connectivity index (χ4v) is 4.85. The van der Waals surface area contributed by atoms with Gasteiger partial charge in [0.2, 0.25) is 11.8 Å². The van der Waals surface area contributed by atoms with Crippen LogP contribution in [0, 0.1) is 5.92 Å². The normalized spacial score (nSPS) is 22.1. The van der Waals surface area contributed by atoms with Gasteiger partial charge in [-0.3, -0.25) is 9.59 Å². The Kier molecular flexibility index (Phi) is 8.61. The minimum atomic E-state index is -0.842. The number of H-pyrrole nitrogens is 1. The zero-order chi connectivity index (χ0) is 26.4. The van der Waals surface area contributed by atoms with E-state index in [9.17, 15) is 14.4 Å². The molecular weight excluding hydrogens is 468 g/mol. The van der Waals surface area contributed by atoms with Crippen molar-refractivity contribution in [2.45, 2.75) is 57.5 Å². The van der Waals surface area contributed by atoms with E-state index in [2.05, 4.69) is 45.9 Å². The molecule has 1 aliphatic rings. The van der Waals surface area contributed by atoms with Crippen molar-refractivity contribution in [2.24, 2.45) is 11.7 Å². The van der Waals surface area contributed by atoms with Crippen LogP contribution in [-0.2, 0) is 32.0 Å². The Hall–Kier alpha value is -3.65. The average Bonchev–Trinajstić information content (AvgIpc) is 3.26. The number of benzene rings is 2. The monoisotopic (exact) mass is 504 g/mol. The molecule has 1 unspecified atom stereocenters. The number of allylic oxidation sites excluding steroid dienone is 1. The van der Waals surface area contributed by atoms with Crippen LogP contribution in [0.5, 0.6) is 0 Å². The van der Waals surface area contributed by atoms with Crippen LogP contribution in [0.1, 0.15) is 43.7 Å². The maximum absolute atomic E-state index is 13.2. The fourth-order valence-electron chi connectivity index (χ4n) is 4.85. The van der Waals surface area contributed by atoms with Crippen LogP contribution in [0.25, 0.3) is 21.8 Å². The van der Waals surface area contributed by atoms with Gasteiger partial charge in [-0.1, -0.05) is 31.2 Å². The molecule has 0 spiro atoms. The third kappa shape index (κ3) is 6.38. The first kappa shape index (κ1) is 26.4. The number of hydrogen-bond acceptors (Lipinski definition) is 5. The number of esters is 1. The highest BCUT2D eigenvalue weighted by Crippen LogP contribution is 2.28. The van der Waals surface area contributed by atoms with Gasteiger partial charge < -0.3 is 26.1 Å². The number of carbonyl (C=O) groups is 3. The van der Waals surface area contributed by atoms with Crippen molar-refractivity contribution in [1.29, 1.82) is 0 Å². The van der Waals surface area contributed by atoms with Gasteiger partial charge >= 0.3 is 5.97 Å². The number of ether oxygens (including phenoxy) is 1. The van der Waals surface area contributed by atoms with E-state index in [1.54, 1.807) is 0 Å². The van der Waals surface area contributed by atoms with Gasteiger partial charge in [0.1, 0.15) is 12.1 Å². The number of amides is 2. The molecule has 0 saturated heterocycles. The summed E-state index contributed by atoms with van der Waals surface area (Å²) in [5, 5.41) is 7.97. The third-order valence-electron chi connectivity index (χ3n) is 6.99. The molecule has 37 heavy (non-hydrogen) atoms. The van der Waals surface area contributed by atoms with Gasteiger partial charge in [0.05, 0.1) is 7.11 Å². The van der Waals surface area contributed by atoms with Crippen LogP contribution in [0.4, 0.5) is 0 Å². The summed E-state index contributed by atoms with van der Waals surface area (Å²) in [6.07, 6.45) is 7.26. The topological polar surface area (TPSA) is 126 Å². The van der Waals surface area contributed by atoms with Crippen LogP contribution in [0.3, 0.4) is 0 Å². The Bertz CT molecular complexity index is 1310. The van der Waals surface area contributed by atoms with Gasteiger partial charge in [-0.05, 0) is 80.5 Å². The van der Waals surface area contributed by atoms with Crippen LogP contribution >= 0.6 is 0 Å². The lowest BCUT2D eigenvalue weighted by atomic mass is 9.97. The summed E-state index contributed by atoms with van der Waals surface area (Å²) in [5.74, 6) is -1.47. The van der Waals surface area contributed by atoms with E-state index in [0.29, 0.717) is 32.2 Å². The second kappa shape index (κ2) is 12.1. The van der Waals surface area contributed by atoms with Crippen molar-refractivity contribution < 1.29 is 19.1 Å². The van der Waals surface area contributed by atoms with Crippen molar-refractivity contribution in [1.82, 2.24) is 15.6 Å². The van der Waals surface area contributed by atoms with Crippen LogP contribution in [0.2, 0.25) is 0 Å². The molecule has 0 saturated carbocycles. The minimum Gasteiger partial charge on any atom is -0.467 e. The molecule has 8 heteroatoms. The molecule has 196 valence electrons. The number of hydrogen-bond donors (Lipinski definition) is 4. The molecule has 0 radical (unpaired) electrons. The lowest BCUT2D eigenvalue weighted by Crippen LogP contribution is -2.52. The molecule has 0 fully saturated rings. The summed E-state index contributed by atoms with van der Waals surface area (Å²) in [5.41, 5.74) is 9.95. The summed E-state index contributed by atoms with van der Waals surface area (Å²) in [7, 11) is 1.30. The van der Waals surface area contributed by atoms with Crippen molar-refractivity contribution in [3.63, 3.8) is 0 Å². The standard InChI is InChI=1S/C29H36N4O4/c1-18-15-20-11-13-24-22(17-20)21-16-19(10-12-23(21)31-24)7-3-4-9-26(29(36)37-2)33-28(35)25(32-27(18)34)8-5-6-14-30/h3-4,10-13,16-18,25-26,31H,5-9,14-15,30H2,1-2H3,(H,32,34)(H,33,35)/b4-3+/t18?,25-,26-/m0/s1. The van der Waals surface area contributed by atoms with Crippen LogP contribution in [-0.4, -0.2) is 48.5 Å². The van der Waals surface area contributed by atoms with Crippen LogP contribution < -0.4 is 16.4 Å². The Morgan fingerprint density at radius 3 is 2.38 bits per heavy atom. The largest absolute Gasteiger partial charge is 0.467 e. The number of methoxy groups -OCH3 is 1. The summed E-state index contributed by atoms with van der Waals surface area (Å²) < 4.78 is 4.93.